The predicted molar refractivity (Wildman–Crippen MR) is 54.1 cm³/mol. The third kappa shape index (κ3) is 6.41. The van der Waals surface area contributed by atoms with Gasteiger partial charge in [-0.3, -0.25) is 0 Å². The van der Waals surface area contributed by atoms with Crippen LogP contribution in [0.15, 0.2) is 11.6 Å². The summed E-state index contributed by atoms with van der Waals surface area (Å²) in [5, 5.41) is 8.61. The molecule has 0 aromatic heterocycles. The normalized spacial score (nSPS) is 14.8. The van der Waals surface area contributed by atoms with Gasteiger partial charge >= 0.3 is 0 Å². The van der Waals surface area contributed by atoms with Gasteiger partial charge in [0.1, 0.15) is 0 Å². The van der Waals surface area contributed by atoms with Crippen LogP contribution in [0.3, 0.4) is 0 Å². The van der Waals surface area contributed by atoms with Gasteiger partial charge in [0.05, 0.1) is 6.61 Å². The Morgan fingerprint density at radius 2 is 2.17 bits per heavy atom. The van der Waals surface area contributed by atoms with Crippen molar-refractivity contribution in [1.29, 1.82) is 0 Å². The van der Waals surface area contributed by atoms with Crippen molar-refractivity contribution in [2.75, 3.05) is 6.61 Å². The van der Waals surface area contributed by atoms with E-state index >= 15 is 0 Å². The molecular weight excluding hydrogens is 148 g/mol. The summed E-state index contributed by atoms with van der Waals surface area (Å²) >= 11 is 0. The van der Waals surface area contributed by atoms with Crippen molar-refractivity contribution in [3.63, 3.8) is 0 Å². The quantitative estimate of drug-likeness (QED) is 0.607. The van der Waals surface area contributed by atoms with E-state index in [-0.39, 0.29) is 6.61 Å². The lowest BCUT2D eigenvalue weighted by atomic mass is 10.00. The molecule has 0 aliphatic carbocycles. The number of hydrogen-bond donors (Lipinski definition) is 1. The molecule has 72 valence electrons. The molecule has 0 aliphatic rings. The largest absolute Gasteiger partial charge is 0.392 e. The molecule has 0 heterocycles. The summed E-state index contributed by atoms with van der Waals surface area (Å²) in [5.74, 6) is 0.854. The number of hydrogen-bond acceptors (Lipinski definition) is 1. The van der Waals surface area contributed by atoms with Gasteiger partial charge in [-0.15, -0.1) is 0 Å². The highest BCUT2D eigenvalue weighted by Gasteiger charge is 1.98. The molecule has 0 aromatic rings. The SMILES string of the molecule is CCC(C)CCCC(C)=CCO. The summed E-state index contributed by atoms with van der Waals surface area (Å²) < 4.78 is 0. The lowest BCUT2D eigenvalue weighted by Crippen LogP contribution is -1.92. The zero-order valence-electron chi connectivity index (χ0n) is 8.64. The van der Waals surface area contributed by atoms with Gasteiger partial charge in [-0.05, 0) is 25.7 Å². The zero-order valence-corrected chi connectivity index (χ0v) is 8.64. The molecular formula is C11H22O. The van der Waals surface area contributed by atoms with Crippen LogP contribution in [0.1, 0.15) is 46.5 Å². The minimum atomic E-state index is 0.190. The Morgan fingerprint density at radius 1 is 1.50 bits per heavy atom. The van der Waals surface area contributed by atoms with E-state index in [1.807, 2.05) is 6.08 Å². The number of aliphatic hydroxyl groups excluding tert-OH is 1. The first-order valence-electron chi connectivity index (χ1n) is 4.97. The molecule has 0 bridgehead atoms. The molecule has 0 saturated carbocycles. The summed E-state index contributed by atoms with van der Waals surface area (Å²) in [7, 11) is 0. The monoisotopic (exact) mass is 170 g/mol. The molecule has 0 aliphatic heterocycles. The van der Waals surface area contributed by atoms with Gasteiger partial charge in [-0.2, -0.15) is 0 Å². The fourth-order valence-electron chi connectivity index (χ4n) is 1.19. The van der Waals surface area contributed by atoms with E-state index in [2.05, 4.69) is 20.8 Å². The molecule has 0 rings (SSSR count). The highest BCUT2D eigenvalue weighted by atomic mass is 16.2. The van der Waals surface area contributed by atoms with E-state index in [0.29, 0.717) is 0 Å². The first-order chi connectivity index (χ1) is 5.70. The highest BCUT2D eigenvalue weighted by Crippen LogP contribution is 2.14. The van der Waals surface area contributed by atoms with Crippen LogP contribution in [-0.4, -0.2) is 11.7 Å². The van der Waals surface area contributed by atoms with Crippen molar-refractivity contribution in [2.24, 2.45) is 5.92 Å². The van der Waals surface area contributed by atoms with Crippen LogP contribution in [0.25, 0.3) is 0 Å². The van der Waals surface area contributed by atoms with Crippen molar-refractivity contribution < 1.29 is 5.11 Å². The summed E-state index contributed by atoms with van der Waals surface area (Å²) in [4.78, 5) is 0. The van der Waals surface area contributed by atoms with Crippen LogP contribution in [0.2, 0.25) is 0 Å². The average molecular weight is 170 g/mol. The van der Waals surface area contributed by atoms with E-state index in [1.165, 1.54) is 24.8 Å². The molecule has 0 amide bonds. The fraction of sp³-hybridized carbons (Fsp3) is 0.818. The minimum Gasteiger partial charge on any atom is -0.392 e. The smallest absolute Gasteiger partial charge is 0.0614 e. The van der Waals surface area contributed by atoms with Crippen LogP contribution in [0.4, 0.5) is 0 Å². The molecule has 1 N–H and O–H groups in total. The first kappa shape index (κ1) is 11.7. The Morgan fingerprint density at radius 3 is 2.67 bits per heavy atom. The fourth-order valence-corrected chi connectivity index (χ4v) is 1.19. The Kier molecular flexibility index (Phi) is 7.17. The lowest BCUT2D eigenvalue weighted by Gasteiger charge is -2.07. The van der Waals surface area contributed by atoms with Crippen LogP contribution < -0.4 is 0 Å². The van der Waals surface area contributed by atoms with Gasteiger partial charge in [0.15, 0.2) is 0 Å². The van der Waals surface area contributed by atoms with E-state index in [4.69, 9.17) is 5.11 Å². The lowest BCUT2D eigenvalue weighted by molar-refractivity contribution is 0.341. The van der Waals surface area contributed by atoms with Crippen molar-refractivity contribution in [3.05, 3.63) is 11.6 Å². The maximum Gasteiger partial charge on any atom is 0.0614 e. The van der Waals surface area contributed by atoms with Crippen molar-refractivity contribution in [2.45, 2.75) is 46.5 Å². The van der Waals surface area contributed by atoms with Gasteiger partial charge in [-0.1, -0.05) is 38.3 Å². The Bertz CT molecular complexity index is 127. The van der Waals surface area contributed by atoms with Crippen LogP contribution in [0.5, 0.6) is 0 Å². The third-order valence-corrected chi connectivity index (χ3v) is 2.40. The number of allylic oxidation sites excluding steroid dienone is 1. The van der Waals surface area contributed by atoms with Gasteiger partial charge in [0.25, 0.3) is 0 Å². The predicted octanol–water partition coefficient (Wildman–Crippen LogP) is 3.14. The molecule has 0 aromatic carbocycles. The molecule has 1 nitrogen and oxygen atoms in total. The zero-order chi connectivity index (χ0) is 9.40. The number of aliphatic hydroxyl groups is 1. The molecule has 12 heavy (non-hydrogen) atoms. The molecule has 0 fully saturated rings. The van der Waals surface area contributed by atoms with Gasteiger partial charge in [0, 0.05) is 0 Å². The summed E-state index contributed by atoms with van der Waals surface area (Å²) in [6.45, 7) is 6.81. The molecule has 0 radical (unpaired) electrons. The van der Waals surface area contributed by atoms with E-state index in [1.54, 1.807) is 0 Å². The summed E-state index contributed by atoms with van der Waals surface area (Å²) in [6.07, 6.45) is 6.90. The Labute approximate surface area is 76.5 Å². The van der Waals surface area contributed by atoms with Crippen LogP contribution in [0, 0.1) is 5.92 Å². The summed E-state index contributed by atoms with van der Waals surface area (Å²) in [6, 6.07) is 0. The minimum absolute atomic E-state index is 0.190. The van der Waals surface area contributed by atoms with Crippen LogP contribution >= 0.6 is 0 Å². The second kappa shape index (κ2) is 7.35. The average Bonchev–Trinajstić information content (AvgIpc) is 2.04. The van der Waals surface area contributed by atoms with Crippen molar-refractivity contribution in [3.8, 4) is 0 Å². The highest BCUT2D eigenvalue weighted by molar-refractivity contribution is 4.97. The molecule has 0 saturated heterocycles. The molecule has 0 spiro atoms. The number of rotatable bonds is 6. The Balaban J connectivity index is 3.36. The van der Waals surface area contributed by atoms with E-state index in [0.717, 1.165) is 12.3 Å². The second-order valence-corrected chi connectivity index (χ2v) is 3.64. The molecule has 1 atom stereocenters. The maximum atomic E-state index is 8.61. The van der Waals surface area contributed by atoms with Gasteiger partial charge in [0.2, 0.25) is 0 Å². The maximum absolute atomic E-state index is 8.61. The third-order valence-electron chi connectivity index (χ3n) is 2.40. The van der Waals surface area contributed by atoms with E-state index < -0.39 is 0 Å². The standard InChI is InChI=1S/C11H22O/c1-4-10(2)6-5-7-11(3)8-9-12/h8,10,12H,4-7,9H2,1-3H3. The van der Waals surface area contributed by atoms with Crippen molar-refractivity contribution in [1.82, 2.24) is 0 Å². The van der Waals surface area contributed by atoms with Crippen LogP contribution in [-0.2, 0) is 0 Å². The second-order valence-electron chi connectivity index (χ2n) is 3.64. The Hall–Kier alpha value is -0.300. The van der Waals surface area contributed by atoms with E-state index in [9.17, 15) is 0 Å². The van der Waals surface area contributed by atoms with Gasteiger partial charge < -0.3 is 5.11 Å². The first-order valence-corrected chi connectivity index (χ1v) is 4.97. The summed E-state index contributed by atoms with van der Waals surface area (Å²) in [5.41, 5.74) is 1.32. The van der Waals surface area contributed by atoms with Gasteiger partial charge in [-0.25, -0.2) is 0 Å². The molecule has 1 unspecified atom stereocenters. The van der Waals surface area contributed by atoms with Crippen molar-refractivity contribution >= 4 is 0 Å². The topological polar surface area (TPSA) is 20.2 Å². The molecule has 1 heteroatoms.